The number of benzene rings is 5. The number of ether oxygens (including phenoxy) is 2. The van der Waals surface area contributed by atoms with Crippen LogP contribution in [-0.2, 0) is 34.5 Å². The van der Waals surface area contributed by atoms with Gasteiger partial charge in [-0.15, -0.1) is 0 Å². The Hall–Kier alpha value is -5.53. The van der Waals surface area contributed by atoms with E-state index in [2.05, 4.69) is 0 Å². The average molecular weight is 723 g/mol. The number of hydrogen-bond acceptors (Lipinski definition) is 9. The minimum Gasteiger partial charge on any atom is -0.508 e. The van der Waals surface area contributed by atoms with Crippen LogP contribution in [0.1, 0.15) is 61.8 Å². The highest BCUT2D eigenvalue weighted by molar-refractivity contribution is 7.63. The molecule has 0 aliphatic carbocycles. The van der Waals surface area contributed by atoms with Gasteiger partial charge in [0.25, 0.3) is 0 Å². The Bertz CT molecular complexity index is 1870. The molecule has 0 aliphatic heterocycles. The van der Waals surface area contributed by atoms with Crippen LogP contribution in [0.15, 0.2) is 127 Å². The van der Waals surface area contributed by atoms with E-state index in [-0.39, 0.29) is 36.3 Å². The smallest absolute Gasteiger partial charge is 0.462 e. The zero-order valence-corrected chi connectivity index (χ0v) is 30.5. The summed E-state index contributed by atoms with van der Waals surface area (Å²) >= 11 is 0. The minimum absolute atomic E-state index is 0.138. The fourth-order valence-corrected chi connectivity index (χ4v) is 7.84. The molecule has 0 fully saturated rings. The predicted octanol–water partition coefficient (Wildman–Crippen LogP) is 8.59. The molecular weight excluding hydrogens is 679 g/mol. The van der Waals surface area contributed by atoms with Crippen molar-refractivity contribution in [1.29, 1.82) is 0 Å². The maximum Gasteiger partial charge on any atom is 0.462 e. The molecule has 0 saturated heterocycles. The molecule has 2 atom stereocenters. The van der Waals surface area contributed by atoms with Crippen LogP contribution < -0.4 is 14.4 Å². The highest BCUT2D eigenvalue weighted by atomic mass is 31.2. The Morgan fingerprint density at radius 2 is 0.865 bits per heavy atom. The van der Waals surface area contributed by atoms with Crippen LogP contribution >= 0.6 is 7.60 Å². The van der Waals surface area contributed by atoms with Crippen LogP contribution in [0.25, 0.3) is 0 Å². The summed E-state index contributed by atoms with van der Waals surface area (Å²) in [6, 6.07) is 36.8. The largest absolute Gasteiger partial charge is 0.508 e. The second-order valence-corrected chi connectivity index (χ2v) is 14.9. The van der Waals surface area contributed by atoms with Gasteiger partial charge in [-0.1, -0.05) is 80.6 Å². The monoisotopic (exact) mass is 722 g/mol. The highest BCUT2D eigenvalue weighted by Gasteiger charge is 2.34. The number of rotatable bonds is 15. The van der Waals surface area contributed by atoms with Crippen molar-refractivity contribution in [3.63, 3.8) is 0 Å². The lowest BCUT2D eigenvalue weighted by Crippen LogP contribution is -2.25. The lowest BCUT2D eigenvalue weighted by Gasteiger charge is -2.31. The summed E-state index contributed by atoms with van der Waals surface area (Å²) in [7, 11) is -1.28. The molecule has 0 spiro atoms. The predicted molar refractivity (Wildman–Crippen MR) is 199 cm³/mol. The number of phenols is 2. The average Bonchev–Trinajstić information content (AvgIpc) is 3.17. The topological polar surface area (TPSA) is 129 Å². The summed E-state index contributed by atoms with van der Waals surface area (Å²) in [5.41, 5.74) is 2.32. The van der Waals surface area contributed by atoms with Crippen LogP contribution in [0.5, 0.6) is 23.0 Å². The van der Waals surface area contributed by atoms with Gasteiger partial charge in [0.1, 0.15) is 23.0 Å². The number of hydrogen-bond donors (Lipinski definition) is 2. The number of carbonyl (C=O) groups excluding carboxylic acids is 2. The van der Waals surface area contributed by atoms with E-state index in [4.69, 9.17) is 18.5 Å². The number of carbonyl (C=O) groups is 2. The van der Waals surface area contributed by atoms with Gasteiger partial charge in [0.2, 0.25) is 0 Å². The number of esters is 2. The van der Waals surface area contributed by atoms with Crippen molar-refractivity contribution in [1.82, 2.24) is 0 Å². The molecule has 2 unspecified atom stereocenters. The van der Waals surface area contributed by atoms with E-state index >= 15 is 0 Å². The number of phenolic OH excluding ortho intramolecular Hbond substituents is 2. The lowest BCUT2D eigenvalue weighted by molar-refractivity contribution is -0.141. The number of methoxy groups -OCH3 is 2. The maximum absolute atomic E-state index is 14.7. The third-order valence-electron chi connectivity index (χ3n) is 9.63. The van der Waals surface area contributed by atoms with E-state index < -0.39 is 18.4 Å². The van der Waals surface area contributed by atoms with Gasteiger partial charge in [0.05, 0.1) is 19.5 Å². The third kappa shape index (κ3) is 8.67. The molecule has 0 aliphatic rings. The first-order valence-electron chi connectivity index (χ1n) is 16.9. The molecule has 5 rings (SSSR count). The standard InChI is InChI=1S/C42H43O9P/c1-41(28-26-39(45)48-3,30-10-18-34(43)19-11-30)32-14-22-36(23-15-32)50-52(47,38-8-6-5-7-9-38)51-37-24-16-33(17-25-37)42(2,29-27-40(46)49-4)31-12-20-35(44)21-13-31/h5-25,43-44H,26-29H2,1-4H3. The molecule has 5 aromatic rings. The summed E-state index contributed by atoms with van der Waals surface area (Å²) in [5, 5.41) is 20.2. The zero-order chi connectivity index (χ0) is 37.4. The van der Waals surface area contributed by atoms with Crippen LogP contribution in [0, 0.1) is 0 Å². The number of aromatic hydroxyl groups is 2. The SMILES string of the molecule is COC(=O)CCC(C)(c1ccc(O)cc1)c1ccc(OP(=O)(Oc2ccc(C(C)(CCC(=O)OC)c3ccc(O)cc3)cc2)c2ccccc2)cc1. The molecule has 270 valence electrons. The van der Waals surface area contributed by atoms with Gasteiger partial charge in [-0.3, -0.25) is 9.59 Å². The van der Waals surface area contributed by atoms with Crippen molar-refractivity contribution in [2.24, 2.45) is 0 Å². The Morgan fingerprint density at radius 1 is 0.538 bits per heavy atom. The molecule has 0 heterocycles. The molecule has 2 N–H and O–H groups in total. The van der Waals surface area contributed by atoms with Gasteiger partial charge < -0.3 is 28.7 Å². The summed E-state index contributed by atoms with van der Waals surface area (Å²) in [6.45, 7) is 4.03. The van der Waals surface area contributed by atoms with Crippen LogP contribution in [0.3, 0.4) is 0 Å². The third-order valence-corrected chi connectivity index (χ3v) is 11.5. The Morgan fingerprint density at radius 3 is 1.19 bits per heavy atom. The highest BCUT2D eigenvalue weighted by Crippen LogP contribution is 2.49. The fourth-order valence-electron chi connectivity index (χ4n) is 6.26. The van der Waals surface area contributed by atoms with Gasteiger partial charge in [-0.25, -0.2) is 4.57 Å². The van der Waals surface area contributed by atoms with E-state index in [1.165, 1.54) is 14.2 Å². The van der Waals surface area contributed by atoms with E-state index in [9.17, 15) is 24.4 Å². The summed E-state index contributed by atoms with van der Waals surface area (Å²) in [6.07, 6.45) is 1.25. The van der Waals surface area contributed by atoms with Crippen LogP contribution in [0.2, 0.25) is 0 Å². The van der Waals surface area contributed by atoms with Crippen molar-refractivity contribution >= 4 is 24.8 Å². The van der Waals surface area contributed by atoms with Crippen molar-refractivity contribution in [3.8, 4) is 23.0 Å². The Kier molecular flexibility index (Phi) is 11.8. The van der Waals surface area contributed by atoms with E-state index in [1.54, 1.807) is 72.8 Å². The molecule has 0 bridgehead atoms. The maximum atomic E-state index is 14.7. The molecule has 0 amide bonds. The van der Waals surface area contributed by atoms with E-state index in [0.717, 1.165) is 22.3 Å². The van der Waals surface area contributed by atoms with E-state index in [0.29, 0.717) is 29.6 Å². The Balaban J connectivity index is 1.43. The van der Waals surface area contributed by atoms with Crippen molar-refractivity contribution < 1.29 is 42.9 Å². The van der Waals surface area contributed by atoms with Gasteiger partial charge in [0.15, 0.2) is 0 Å². The molecule has 10 heteroatoms. The molecule has 5 aromatic carbocycles. The fraction of sp³-hybridized carbons (Fsp3) is 0.238. The first-order chi connectivity index (χ1) is 24.9. The van der Waals surface area contributed by atoms with Gasteiger partial charge in [0, 0.05) is 23.7 Å². The van der Waals surface area contributed by atoms with Crippen molar-refractivity contribution in [3.05, 3.63) is 150 Å². The van der Waals surface area contributed by atoms with E-state index in [1.807, 2.05) is 68.4 Å². The molecule has 0 saturated carbocycles. The molecule has 0 aromatic heterocycles. The second kappa shape index (κ2) is 16.2. The van der Waals surface area contributed by atoms with Gasteiger partial charge >= 0.3 is 19.5 Å². The van der Waals surface area contributed by atoms with Crippen LogP contribution in [-0.4, -0.2) is 36.4 Å². The summed E-state index contributed by atoms with van der Waals surface area (Å²) < 4.78 is 36.9. The molecule has 9 nitrogen and oxygen atoms in total. The van der Waals surface area contributed by atoms with Gasteiger partial charge in [-0.2, -0.15) is 0 Å². The van der Waals surface area contributed by atoms with Crippen molar-refractivity contribution in [2.45, 2.75) is 50.4 Å². The molecular formula is C42H43O9P. The normalized spacial score (nSPS) is 14.5. The van der Waals surface area contributed by atoms with Crippen molar-refractivity contribution in [2.75, 3.05) is 14.2 Å². The van der Waals surface area contributed by atoms with Gasteiger partial charge in [-0.05, 0) is 95.8 Å². The van der Waals surface area contributed by atoms with Crippen LogP contribution in [0.4, 0.5) is 0 Å². The molecule has 52 heavy (non-hydrogen) atoms. The second-order valence-electron chi connectivity index (χ2n) is 13.0. The zero-order valence-electron chi connectivity index (χ0n) is 29.7. The lowest BCUT2D eigenvalue weighted by atomic mass is 9.73. The minimum atomic E-state index is -3.99. The molecule has 0 radical (unpaired) electrons. The Labute approximate surface area is 304 Å². The summed E-state index contributed by atoms with van der Waals surface area (Å²) in [4.78, 5) is 24.3. The first-order valence-corrected chi connectivity index (χ1v) is 18.4. The first kappa shape index (κ1) is 37.7. The summed E-state index contributed by atoms with van der Waals surface area (Å²) in [5.74, 6) is 0.251. The quantitative estimate of drug-likeness (QED) is 0.0807.